The number of fused-ring (bicyclic) bond motifs is 1. The number of aromatic carboxylic acids is 1. The van der Waals surface area contributed by atoms with Gasteiger partial charge in [0.2, 0.25) is 0 Å². The molecular formula is C13H12ClIN2O4S2. The van der Waals surface area contributed by atoms with Gasteiger partial charge < -0.3 is 9.84 Å². The number of pyridine rings is 1. The molecule has 0 saturated heterocycles. The summed E-state index contributed by atoms with van der Waals surface area (Å²) in [5.41, 5.74) is 0.620. The van der Waals surface area contributed by atoms with Crippen LogP contribution in [0.25, 0.3) is 10.1 Å². The first kappa shape index (κ1) is 18.7. The van der Waals surface area contributed by atoms with E-state index in [0.717, 1.165) is 21.4 Å². The topological polar surface area (TPSA) is 79.7 Å². The lowest BCUT2D eigenvalue weighted by Gasteiger charge is -2.24. The molecule has 1 unspecified atom stereocenters. The minimum atomic E-state index is -1.01. The molecule has 2 heterocycles. The summed E-state index contributed by atoms with van der Waals surface area (Å²) >= 11 is 9.15. The molecule has 2 aromatic rings. The van der Waals surface area contributed by atoms with E-state index in [2.05, 4.69) is 26.2 Å². The molecule has 0 aliphatic rings. The van der Waals surface area contributed by atoms with Crippen LogP contribution in [0.1, 0.15) is 28.2 Å². The molecule has 0 radical (unpaired) electrons. The quantitative estimate of drug-likeness (QED) is 0.284. The molecule has 0 aliphatic heterocycles. The van der Waals surface area contributed by atoms with Crippen molar-refractivity contribution in [2.75, 3.05) is 13.7 Å². The van der Waals surface area contributed by atoms with Crippen LogP contribution in [0, 0.1) is 0 Å². The summed E-state index contributed by atoms with van der Waals surface area (Å²) in [7, 11) is 2.64. The summed E-state index contributed by atoms with van der Waals surface area (Å²) in [6.07, 6.45) is 1.56. The van der Waals surface area contributed by atoms with Crippen molar-refractivity contribution in [2.45, 2.75) is 13.0 Å². The number of nitrogens with zero attached hydrogens (tertiary/aromatic N) is 2. The molecule has 0 aromatic carbocycles. The molecule has 10 heteroatoms. The van der Waals surface area contributed by atoms with E-state index < -0.39 is 11.9 Å². The number of esters is 1. The molecule has 0 fully saturated rings. The number of rotatable bonds is 6. The van der Waals surface area contributed by atoms with E-state index in [1.54, 1.807) is 16.6 Å². The maximum Gasteiger partial charge on any atom is 0.346 e. The Morgan fingerprint density at radius 3 is 2.87 bits per heavy atom. The number of halogens is 2. The van der Waals surface area contributed by atoms with Gasteiger partial charge in [-0.05, 0) is 22.1 Å². The first-order chi connectivity index (χ1) is 10.9. The van der Waals surface area contributed by atoms with E-state index in [-0.39, 0.29) is 17.5 Å². The number of hydrogen-bond acceptors (Lipinski definition) is 7. The van der Waals surface area contributed by atoms with E-state index in [9.17, 15) is 14.7 Å². The van der Waals surface area contributed by atoms with Crippen LogP contribution in [0.4, 0.5) is 0 Å². The zero-order valence-electron chi connectivity index (χ0n) is 12.1. The SMILES string of the molecule is COC(=O)CN(SI)C(C)c1c(C(=O)O)sc2cnc(Cl)cc12. The molecule has 0 aliphatic carbocycles. The monoisotopic (exact) mass is 486 g/mol. The number of carboxylic acids is 1. The first-order valence-electron chi connectivity index (χ1n) is 6.32. The van der Waals surface area contributed by atoms with Gasteiger partial charge in [0, 0.05) is 44.4 Å². The van der Waals surface area contributed by atoms with E-state index >= 15 is 0 Å². The number of carbonyl (C=O) groups excluding carboxylic acids is 1. The number of thiophene rings is 1. The van der Waals surface area contributed by atoms with Crippen molar-refractivity contribution in [3.8, 4) is 0 Å². The Kier molecular flexibility index (Phi) is 6.48. The fourth-order valence-corrected chi connectivity index (χ4v) is 5.19. The van der Waals surface area contributed by atoms with Crippen LogP contribution < -0.4 is 0 Å². The van der Waals surface area contributed by atoms with E-state index in [0.29, 0.717) is 10.7 Å². The maximum absolute atomic E-state index is 11.6. The molecule has 23 heavy (non-hydrogen) atoms. The van der Waals surface area contributed by atoms with Crippen LogP contribution in [-0.4, -0.2) is 40.0 Å². The number of methoxy groups -OCH3 is 1. The number of carboxylic acid groups (broad SMARTS) is 1. The fraction of sp³-hybridized carbons (Fsp3) is 0.308. The van der Waals surface area contributed by atoms with Gasteiger partial charge in [0.15, 0.2) is 0 Å². The largest absolute Gasteiger partial charge is 0.477 e. The van der Waals surface area contributed by atoms with Crippen molar-refractivity contribution in [1.29, 1.82) is 0 Å². The van der Waals surface area contributed by atoms with Crippen LogP contribution in [0.2, 0.25) is 5.15 Å². The second kappa shape index (κ2) is 7.97. The van der Waals surface area contributed by atoms with E-state index in [4.69, 9.17) is 16.3 Å². The molecule has 0 bridgehead atoms. The Balaban J connectivity index is 2.54. The van der Waals surface area contributed by atoms with Gasteiger partial charge in [-0.2, -0.15) is 0 Å². The van der Waals surface area contributed by atoms with Gasteiger partial charge in [-0.1, -0.05) is 11.6 Å². The van der Waals surface area contributed by atoms with Gasteiger partial charge in [0.1, 0.15) is 16.6 Å². The zero-order chi connectivity index (χ0) is 17.1. The lowest BCUT2D eigenvalue weighted by molar-refractivity contribution is -0.140. The molecule has 0 amide bonds. The summed E-state index contributed by atoms with van der Waals surface area (Å²) < 4.78 is 7.19. The van der Waals surface area contributed by atoms with Gasteiger partial charge >= 0.3 is 11.9 Å². The summed E-state index contributed by atoms with van der Waals surface area (Å²) in [4.78, 5) is 27.4. The van der Waals surface area contributed by atoms with Crippen molar-refractivity contribution in [2.24, 2.45) is 0 Å². The van der Waals surface area contributed by atoms with Crippen LogP contribution in [0.5, 0.6) is 0 Å². The zero-order valence-corrected chi connectivity index (χ0v) is 16.6. The van der Waals surface area contributed by atoms with Gasteiger partial charge in [-0.25, -0.2) is 14.1 Å². The highest BCUT2D eigenvalue weighted by Crippen LogP contribution is 2.41. The lowest BCUT2D eigenvalue weighted by atomic mass is 10.0. The average Bonchev–Trinajstić information content (AvgIpc) is 2.90. The lowest BCUT2D eigenvalue weighted by Crippen LogP contribution is -2.27. The summed E-state index contributed by atoms with van der Waals surface area (Å²) in [6.45, 7) is 1.89. The first-order valence-corrected chi connectivity index (χ1v) is 10.8. The van der Waals surface area contributed by atoms with E-state index in [1.807, 2.05) is 6.92 Å². The van der Waals surface area contributed by atoms with Gasteiger partial charge in [-0.3, -0.25) is 4.79 Å². The third-order valence-electron chi connectivity index (χ3n) is 3.23. The fourth-order valence-electron chi connectivity index (χ4n) is 2.13. The summed E-state index contributed by atoms with van der Waals surface area (Å²) in [5, 5.41) is 10.5. The highest BCUT2D eigenvalue weighted by molar-refractivity contribution is 14.2. The van der Waals surface area contributed by atoms with Crippen LogP contribution in [0.3, 0.4) is 0 Å². The second-order valence-electron chi connectivity index (χ2n) is 4.55. The van der Waals surface area contributed by atoms with Crippen LogP contribution in [0.15, 0.2) is 12.3 Å². The standard InChI is InChI=1S/C13H12ClIN2O4S2/c1-6(17(23-15)5-10(18)21-2)11-7-3-9(14)16-4-8(7)22-12(11)13(19)20/h3-4,6H,5H2,1-2H3,(H,19,20). The van der Waals surface area contributed by atoms with Crippen molar-refractivity contribution >= 4 is 75.3 Å². The van der Waals surface area contributed by atoms with Crippen molar-refractivity contribution in [1.82, 2.24) is 9.29 Å². The van der Waals surface area contributed by atoms with Gasteiger partial charge in [0.05, 0.1) is 11.8 Å². The Morgan fingerprint density at radius 1 is 1.61 bits per heavy atom. The number of carbonyl (C=O) groups is 2. The molecule has 0 saturated carbocycles. The predicted molar refractivity (Wildman–Crippen MR) is 100 cm³/mol. The highest BCUT2D eigenvalue weighted by Gasteiger charge is 2.28. The normalized spacial score (nSPS) is 12.6. The molecule has 2 aromatic heterocycles. The summed E-state index contributed by atoms with van der Waals surface area (Å²) in [6, 6.07) is 1.33. The van der Waals surface area contributed by atoms with Crippen molar-refractivity contribution < 1.29 is 19.4 Å². The Morgan fingerprint density at radius 2 is 2.30 bits per heavy atom. The molecular weight excluding hydrogens is 475 g/mol. The Labute approximate surface area is 157 Å². The molecule has 1 atom stereocenters. The van der Waals surface area contributed by atoms with Gasteiger partial charge in [0.25, 0.3) is 0 Å². The Hall–Kier alpha value is -0.620. The minimum Gasteiger partial charge on any atom is -0.477 e. The number of ether oxygens (including phenoxy) is 1. The molecule has 6 nitrogen and oxygen atoms in total. The predicted octanol–water partition coefficient (Wildman–Crippen LogP) is 4.18. The minimum absolute atomic E-state index is 0.0422. The molecule has 124 valence electrons. The van der Waals surface area contributed by atoms with Crippen molar-refractivity contribution in [3.63, 3.8) is 0 Å². The van der Waals surface area contributed by atoms with Crippen molar-refractivity contribution in [3.05, 3.63) is 27.9 Å². The Bertz CT molecular complexity index is 755. The molecule has 1 N–H and O–H groups in total. The average molecular weight is 487 g/mol. The molecule has 2 rings (SSSR count). The van der Waals surface area contributed by atoms with Crippen LogP contribution in [-0.2, 0) is 9.53 Å². The highest BCUT2D eigenvalue weighted by atomic mass is 127. The number of aromatic nitrogens is 1. The van der Waals surface area contributed by atoms with Gasteiger partial charge in [-0.15, -0.1) is 11.3 Å². The smallest absolute Gasteiger partial charge is 0.346 e. The molecule has 0 spiro atoms. The second-order valence-corrected chi connectivity index (χ2v) is 7.78. The maximum atomic E-state index is 11.6. The number of hydrogen-bond donors (Lipinski definition) is 1. The third kappa shape index (κ3) is 4.08. The summed E-state index contributed by atoms with van der Waals surface area (Å²) in [5.74, 6) is -1.40. The van der Waals surface area contributed by atoms with Crippen LogP contribution >= 0.6 is 53.3 Å². The third-order valence-corrected chi connectivity index (χ3v) is 6.72. The van der Waals surface area contributed by atoms with E-state index in [1.165, 1.54) is 16.2 Å².